The average molecular weight is 980 g/mol. The third-order valence-electron chi connectivity index (χ3n) is 15.7. The van der Waals surface area contributed by atoms with Crippen molar-refractivity contribution in [2.24, 2.45) is 0 Å². The van der Waals surface area contributed by atoms with E-state index in [-0.39, 0.29) is 0 Å². The first-order valence-corrected chi connectivity index (χ1v) is 26.5. The molecule has 77 heavy (non-hydrogen) atoms. The van der Waals surface area contributed by atoms with Crippen LogP contribution in [0.2, 0.25) is 0 Å². The Morgan fingerprint density at radius 3 is 1.03 bits per heavy atom. The van der Waals surface area contributed by atoms with Gasteiger partial charge in [-0.2, -0.15) is 0 Å². The fourth-order valence-corrected chi connectivity index (χ4v) is 12.0. The van der Waals surface area contributed by atoms with Gasteiger partial charge in [0.1, 0.15) is 0 Å². The number of hydrogen-bond acceptors (Lipinski definition) is 1. The van der Waals surface area contributed by atoms with Crippen molar-refractivity contribution in [3.8, 4) is 55.9 Å². The van der Waals surface area contributed by atoms with Gasteiger partial charge in [0.25, 0.3) is 0 Å². The van der Waals surface area contributed by atoms with Gasteiger partial charge >= 0.3 is 0 Å². The van der Waals surface area contributed by atoms with Crippen molar-refractivity contribution in [2.45, 2.75) is 0 Å². The molecular weight excluding hydrogens is 931 g/mol. The first-order chi connectivity index (χ1) is 38.2. The molecule has 3 heteroatoms. The normalized spacial score (nSPS) is 11.6. The minimum Gasteiger partial charge on any atom is -0.311 e. The van der Waals surface area contributed by atoms with Gasteiger partial charge < -0.3 is 14.0 Å². The van der Waals surface area contributed by atoms with Gasteiger partial charge in [-0.05, 0) is 158 Å². The number of aromatic nitrogens is 2. The fourth-order valence-electron chi connectivity index (χ4n) is 12.0. The molecule has 0 aliphatic heterocycles. The highest BCUT2D eigenvalue weighted by molar-refractivity contribution is 6.13. The molecule has 2 heterocycles. The summed E-state index contributed by atoms with van der Waals surface area (Å²) in [6.45, 7) is 0. The lowest BCUT2D eigenvalue weighted by Gasteiger charge is -2.26. The first kappa shape index (κ1) is 44.3. The van der Waals surface area contributed by atoms with Crippen LogP contribution < -0.4 is 4.90 Å². The van der Waals surface area contributed by atoms with Crippen molar-refractivity contribution in [2.75, 3.05) is 4.90 Å². The summed E-state index contributed by atoms with van der Waals surface area (Å²) in [4.78, 5) is 2.34. The van der Waals surface area contributed by atoms with Gasteiger partial charge in [0, 0.05) is 49.4 Å². The lowest BCUT2D eigenvalue weighted by atomic mass is 9.92. The van der Waals surface area contributed by atoms with Crippen LogP contribution >= 0.6 is 0 Å². The van der Waals surface area contributed by atoms with Crippen LogP contribution in [0.15, 0.2) is 297 Å². The Balaban J connectivity index is 0.895. The molecule has 0 radical (unpaired) electrons. The monoisotopic (exact) mass is 979 g/mol. The molecule has 0 spiro atoms. The SMILES string of the molecule is c1ccc(-c2ccc(N(c3ccccc3)c3ccc(-c4cc(-c5ccc6c(c5)c5ccccc5n6-c5cccc6ccccc56)cc(-c5ccc6c(c5)c5ccccc5n6-c5cccc6ccccc56)c4)cc3)cc2)cc1. The molecule has 0 fully saturated rings. The number of rotatable bonds is 9. The van der Waals surface area contributed by atoms with E-state index in [0.717, 1.165) is 39.3 Å². The van der Waals surface area contributed by atoms with E-state index in [4.69, 9.17) is 0 Å². The van der Waals surface area contributed by atoms with E-state index in [1.807, 2.05) is 0 Å². The quantitative estimate of drug-likeness (QED) is 0.140. The molecule has 0 N–H and O–H groups in total. The Kier molecular flexibility index (Phi) is 10.5. The smallest absolute Gasteiger partial charge is 0.0541 e. The van der Waals surface area contributed by atoms with Crippen molar-refractivity contribution in [1.29, 1.82) is 0 Å². The van der Waals surface area contributed by atoms with Crippen LogP contribution in [-0.2, 0) is 0 Å². The second-order valence-electron chi connectivity index (χ2n) is 20.1. The maximum Gasteiger partial charge on any atom is 0.0541 e. The highest BCUT2D eigenvalue weighted by Crippen LogP contribution is 2.43. The van der Waals surface area contributed by atoms with Crippen LogP contribution in [0.1, 0.15) is 0 Å². The van der Waals surface area contributed by atoms with E-state index in [9.17, 15) is 0 Å². The highest BCUT2D eigenvalue weighted by Gasteiger charge is 2.19. The molecule has 3 nitrogen and oxygen atoms in total. The summed E-state index contributed by atoms with van der Waals surface area (Å²) >= 11 is 0. The van der Waals surface area contributed by atoms with Crippen molar-refractivity contribution in [3.05, 3.63) is 297 Å². The van der Waals surface area contributed by atoms with Crippen LogP contribution in [0.25, 0.3) is 121 Å². The van der Waals surface area contributed by atoms with E-state index in [2.05, 4.69) is 311 Å². The van der Waals surface area contributed by atoms with Crippen LogP contribution in [0.4, 0.5) is 17.1 Å². The van der Waals surface area contributed by atoms with E-state index < -0.39 is 0 Å². The number of nitrogens with zero attached hydrogens (tertiary/aromatic N) is 3. The van der Waals surface area contributed by atoms with Crippen molar-refractivity contribution in [3.63, 3.8) is 0 Å². The van der Waals surface area contributed by atoms with E-state index in [0.29, 0.717) is 0 Å². The molecule has 0 bridgehead atoms. The maximum absolute atomic E-state index is 2.44. The van der Waals surface area contributed by atoms with Crippen LogP contribution in [0.3, 0.4) is 0 Å². The predicted molar refractivity (Wildman–Crippen MR) is 327 cm³/mol. The van der Waals surface area contributed by atoms with Crippen LogP contribution in [-0.4, -0.2) is 9.13 Å². The molecule has 0 unspecified atom stereocenters. The second-order valence-corrected chi connectivity index (χ2v) is 20.1. The summed E-state index contributed by atoms with van der Waals surface area (Å²) in [5.74, 6) is 0. The molecule has 0 amide bonds. The molecular formula is C74H49N3. The lowest BCUT2D eigenvalue weighted by molar-refractivity contribution is 1.20. The van der Waals surface area contributed by atoms with Gasteiger partial charge in [-0.1, -0.05) is 194 Å². The van der Waals surface area contributed by atoms with E-state index in [1.54, 1.807) is 0 Å². The number of hydrogen-bond donors (Lipinski definition) is 0. The summed E-state index contributed by atoms with van der Waals surface area (Å²) < 4.78 is 4.89. The Bertz CT molecular complexity index is 4490. The van der Waals surface area contributed by atoms with Crippen molar-refractivity contribution < 1.29 is 0 Å². The van der Waals surface area contributed by atoms with Gasteiger partial charge in [-0.25, -0.2) is 0 Å². The van der Waals surface area contributed by atoms with Gasteiger partial charge in [-0.15, -0.1) is 0 Å². The summed E-state index contributed by atoms with van der Waals surface area (Å²) in [7, 11) is 0. The minimum atomic E-state index is 1.09. The number of anilines is 3. The van der Waals surface area contributed by atoms with E-state index >= 15 is 0 Å². The standard InChI is InChI=1S/C74H49N3/c1-3-17-50(18-4-1)51-33-39-61(40-34-51)75(60-23-5-2-6-24-60)62-41-35-52(36-42-62)57-45-58(55-37-43-73-67(48-55)65-27-11-13-29-71(65)76(73)69-31-15-21-53-19-7-9-25-63(53)69)47-59(46-57)56-38-44-74-68(49-56)66-28-12-14-30-72(66)77(74)70-32-16-22-54-20-8-10-26-64(54)70/h1-49H. The highest BCUT2D eigenvalue weighted by atomic mass is 15.1. The first-order valence-electron chi connectivity index (χ1n) is 26.5. The zero-order valence-electron chi connectivity index (χ0n) is 42.1. The Hall–Kier alpha value is -10.2. The minimum absolute atomic E-state index is 1.09. The summed E-state index contributed by atoms with van der Waals surface area (Å²) in [5, 5.41) is 9.83. The third-order valence-corrected chi connectivity index (χ3v) is 15.7. The molecule has 13 aromatic carbocycles. The van der Waals surface area contributed by atoms with Gasteiger partial charge in [0.05, 0.1) is 33.4 Å². The molecule has 360 valence electrons. The lowest BCUT2D eigenvalue weighted by Crippen LogP contribution is -2.09. The molecule has 15 aromatic rings. The summed E-state index contributed by atoms with van der Waals surface area (Å²) in [6, 6.07) is 109. The fraction of sp³-hybridized carbons (Fsp3) is 0. The van der Waals surface area contributed by atoms with Gasteiger partial charge in [0.2, 0.25) is 0 Å². The molecule has 0 saturated heterocycles. The van der Waals surface area contributed by atoms with Crippen molar-refractivity contribution >= 4 is 82.2 Å². The van der Waals surface area contributed by atoms with Gasteiger partial charge in [0.15, 0.2) is 0 Å². The number of benzene rings is 13. The summed E-state index contributed by atoms with van der Waals surface area (Å²) in [5.41, 5.74) is 19.8. The maximum atomic E-state index is 2.44. The Morgan fingerprint density at radius 2 is 0.532 bits per heavy atom. The number of fused-ring (bicyclic) bond motifs is 8. The molecule has 0 aliphatic rings. The molecule has 0 saturated carbocycles. The van der Waals surface area contributed by atoms with Crippen molar-refractivity contribution in [1.82, 2.24) is 9.13 Å². The zero-order chi connectivity index (χ0) is 50.8. The predicted octanol–water partition coefficient (Wildman–Crippen LogP) is 20.3. The summed E-state index contributed by atoms with van der Waals surface area (Å²) in [6.07, 6.45) is 0. The third kappa shape index (κ3) is 7.59. The van der Waals surface area contributed by atoms with Gasteiger partial charge in [-0.3, -0.25) is 0 Å². The van der Waals surface area contributed by atoms with E-state index in [1.165, 1.54) is 98.8 Å². The van der Waals surface area contributed by atoms with Crippen LogP contribution in [0, 0.1) is 0 Å². The average Bonchev–Trinajstić information content (AvgIpc) is 4.07. The van der Waals surface area contributed by atoms with Crippen LogP contribution in [0.5, 0.6) is 0 Å². The largest absolute Gasteiger partial charge is 0.311 e. The topological polar surface area (TPSA) is 13.1 Å². The molecule has 15 rings (SSSR count). The molecule has 0 atom stereocenters. The molecule has 0 aliphatic carbocycles. The molecule has 2 aromatic heterocycles. The number of para-hydroxylation sites is 3. The Morgan fingerprint density at radius 1 is 0.195 bits per heavy atom. The Labute approximate surface area is 447 Å². The second kappa shape index (κ2) is 18.3. The zero-order valence-corrected chi connectivity index (χ0v) is 42.1.